The van der Waals surface area contributed by atoms with Crippen LogP contribution >= 0.6 is 0 Å². The van der Waals surface area contributed by atoms with E-state index >= 15 is 0 Å². The lowest BCUT2D eigenvalue weighted by Crippen LogP contribution is -2.45. The molecule has 1 saturated heterocycles. The number of rotatable bonds is 9. The van der Waals surface area contributed by atoms with Gasteiger partial charge in [0.15, 0.2) is 17.5 Å². The van der Waals surface area contributed by atoms with Crippen molar-refractivity contribution >= 4 is 5.96 Å². The summed E-state index contributed by atoms with van der Waals surface area (Å²) in [6.07, 6.45) is -3.16. The maximum atomic E-state index is 12.5. The molecule has 1 fully saturated rings. The lowest BCUT2D eigenvalue weighted by molar-refractivity contribution is -0.143. The van der Waals surface area contributed by atoms with Gasteiger partial charge in [0.25, 0.3) is 0 Å². The fourth-order valence-electron chi connectivity index (χ4n) is 3.22. The Labute approximate surface area is 172 Å². The third-order valence-corrected chi connectivity index (χ3v) is 4.47. The summed E-state index contributed by atoms with van der Waals surface area (Å²) in [5.74, 6) is 0.672. The molecule has 6 nitrogen and oxygen atoms in total. The van der Waals surface area contributed by atoms with Crippen molar-refractivity contribution in [1.29, 1.82) is 0 Å². The van der Waals surface area contributed by atoms with Gasteiger partial charge < -0.3 is 20.1 Å². The number of guanidine groups is 1. The van der Waals surface area contributed by atoms with Gasteiger partial charge in [0.2, 0.25) is 0 Å². The number of methoxy groups -OCH3 is 1. The summed E-state index contributed by atoms with van der Waals surface area (Å²) in [6.45, 7) is -0.376. The smallest absolute Gasteiger partial charge is 0.401 e. The molecule has 0 spiro atoms. The van der Waals surface area contributed by atoms with E-state index in [4.69, 9.17) is 4.74 Å². The number of aliphatic imine (C=N–C) groups is 1. The molecule has 1 aromatic carbocycles. The van der Waals surface area contributed by atoms with Crippen LogP contribution in [0.15, 0.2) is 23.2 Å². The number of likely N-dealkylation sites (tertiary alicyclic amines) is 1. The largest absolute Gasteiger partial charge is 0.493 e. The molecule has 0 bridgehead atoms. The molecule has 0 saturated carbocycles. The standard InChI is InChI=1S/C19H27F5N4O2/c1-3-25-18(27-14-7-9-28(11-14)12-19(22,23)24)26-8-6-13-4-5-15(29-2)16(10-13)30-17(20)21/h4-5,10,14,17H,3,6-9,11-12H2,1-2H3,(H2,25,26,27). The summed E-state index contributed by atoms with van der Waals surface area (Å²) in [6, 6.07) is 4.64. The number of halogens is 5. The zero-order chi connectivity index (χ0) is 22.1. The van der Waals surface area contributed by atoms with Gasteiger partial charge in [0, 0.05) is 32.2 Å². The van der Waals surface area contributed by atoms with E-state index < -0.39 is 19.3 Å². The number of benzene rings is 1. The van der Waals surface area contributed by atoms with E-state index in [0.29, 0.717) is 38.4 Å². The minimum atomic E-state index is -4.21. The predicted octanol–water partition coefficient (Wildman–Crippen LogP) is 3.03. The predicted molar refractivity (Wildman–Crippen MR) is 103 cm³/mol. The third-order valence-electron chi connectivity index (χ3n) is 4.47. The monoisotopic (exact) mass is 438 g/mol. The van der Waals surface area contributed by atoms with Crippen LogP contribution in [-0.4, -0.2) is 69.5 Å². The van der Waals surface area contributed by atoms with Crippen molar-refractivity contribution in [3.8, 4) is 11.5 Å². The molecule has 2 N–H and O–H groups in total. The van der Waals surface area contributed by atoms with Crippen molar-refractivity contribution in [3.63, 3.8) is 0 Å². The van der Waals surface area contributed by atoms with Crippen LogP contribution in [-0.2, 0) is 6.42 Å². The number of hydrogen-bond donors (Lipinski definition) is 2. The highest BCUT2D eigenvalue weighted by Crippen LogP contribution is 2.29. The Kier molecular flexibility index (Phi) is 8.94. The normalized spacial score (nSPS) is 18.0. The Morgan fingerprint density at radius 2 is 2.07 bits per heavy atom. The average Bonchev–Trinajstić information content (AvgIpc) is 3.06. The second-order valence-corrected chi connectivity index (χ2v) is 6.85. The lowest BCUT2D eigenvalue weighted by Gasteiger charge is -2.19. The summed E-state index contributed by atoms with van der Waals surface area (Å²) >= 11 is 0. The van der Waals surface area contributed by atoms with Crippen molar-refractivity contribution in [3.05, 3.63) is 23.8 Å². The van der Waals surface area contributed by atoms with Gasteiger partial charge in [-0.15, -0.1) is 0 Å². The molecule has 1 unspecified atom stereocenters. The second-order valence-electron chi connectivity index (χ2n) is 6.85. The first kappa shape index (κ1) is 24.0. The molecule has 30 heavy (non-hydrogen) atoms. The highest BCUT2D eigenvalue weighted by atomic mass is 19.4. The quantitative estimate of drug-likeness (QED) is 0.353. The molecule has 0 radical (unpaired) electrons. The first-order valence-corrected chi connectivity index (χ1v) is 9.66. The van der Waals surface area contributed by atoms with E-state index in [1.165, 1.54) is 18.1 Å². The van der Waals surface area contributed by atoms with E-state index in [9.17, 15) is 22.0 Å². The van der Waals surface area contributed by atoms with Crippen LogP contribution < -0.4 is 20.1 Å². The molecule has 1 atom stereocenters. The van der Waals surface area contributed by atoms with Gasteiger partial charge >= 0.3 is 12.8 Å². The summed E-state index contributed by atoms with van der Waals surface area (Å²) in [5.41, 5.74) is 0.739. The van der Waals surface area contributed by atoms with Crippen LogP contribution in [0, 0.1) is 0 Å². The molecule has 1 aromatic rings. The van der Waals surface area contributed by atoms with Crippen LogP contribution in [0.5, 0.6) is 11.5 Å². The Morgan fingerprint density at radius 3 is 2.70 bits per heavy atom. The highest BCUT2D eigenvalue weighted by molar-refractivity contribution is 5.80. The molecule has 11 heteroatoms. The molecule has 1 aliphatic heterocycles. The Bertz CT molecular complexity index is 700. The Morgan fingerprint density at radius 1 is 1.30 bits per heavy atom. The number of nitrogens with one attached hydrogen (secondary N) is 2. The number of hydrogen-bond acceptors (Lipinski definition) is 4. The van der Waals surface area contributed by atoms with Gasteiger partial charge in [-0.3, -0.25) is 9.89 Å². The van der Waals surface area contributed by atoms with E-state index in [1.807, 2.05) is 6.92 Å². The van der Waals surface area contributed by atoms with Gasteiger partial charge in [-0.1, -0.05) is 6.07 Å². The Hall–Kier alpha value is -2.30. The molecule has 170 valence electrons. The molecular formula is C19H27F5N4O2. The van der Waals surface area contributed by atoms with Crippen LogP contribution in [0.2, 0.25) is 0 Å². The average molecular weight is 438 g/mol. The van der Waals surface area contributed by atoms with E-state index in [2.05, 4.69) is 20.4 Å². The van der Waals surface area contributed by atoms with Crippen molar-refractivity contribution in [2.24, 2.45) is 4.99 Å². The summed E-state index contributed by atoms with van der Waals surface area (Å²) in [5, 5.41) is 6.23. The van der Waals surface area contributed by atoms with Gasteiger partial charge in [0.05, 0.1) is 13.7 Å². The van der Waals surface area contributed by atoms with Crippen molar-refractivity contribution in [2.75, 3.05) is 39.8 Å². The number of nitrogens with zero attached hydrogens (tertiary/aromatic N) is 2. The van der Waals surface area contributed by atoms with Gasteiger partial charge in [-0.2, -0.15) is 22.0 Å². The number of ether oxygens (including phenoxy) is 2. The van der Waals surface area contributed by atoms with Crippen LogP contribution in [0.25, 0.3) is 0 Å². The maximum Gasteiger partial charge on any atom is 0.401 e. The molecule has 1 aliphatic rings. The van der Waals surface area contributed by atoms with E-state index in [0.717, 1.165) is 5.56 Å². The SMILES string of the molecule is CCNC(=NCCc1ccc(OC)c(OC(F)F)c1)NC1CCN(CC(F)(F)F)C1. The van der Waals surface area contributed by atoms with Crippen LogP contribution in [0.3, 0.4) is 0 Å². The molecule has 1 heterocycles. The lowest BCUT2D eigenvalue weighted by atomic mass is 10.1. The Balaban J connectivity index is 1.92. The first-order chi connectivity index (χ1) is 14.2. The second kappa shape index (κ2) is 11.2. The fourth-order valence-corrected chi connectivity index (χ4v) is 3.22. The third kappa shape index (κ3) is 8.21. The van der Waals surface area contributed by atoms with E-state index in [-0.39, 0.29) is 24.1 Å². The maximum absolute atomic E-state index is 12.5. The zero-order valence-electron chi connectivity index (χ0n) is 16.9. The van der Waals surface area contributed by atoms with Gasteiger partial charge in [-0.25, -0.2) is 0 Å². The molecule has 0 aliphatic carbocycles. The first-order valence-electron chi connectivity index (χ1n) is 9.66. The van der Waals surface area contributed by atoms with Crippen molar-refractivity contribution in [2.45, 2.75) is 38.6 Å². The molecular weight excluding hydrogens is 411 g/mol. The minimum absolute atomic E-state index is 0.0466. The summed E-state index contributed by atoms with van der Waals surface area (Å²) in [4.78, 5) is 5.80. The molecule has 2 rings (SSSR count). The molecule has 0 amide bonds. The minimum Gasteiger partial charge on any atom is -0.493 e. The highest BCUT2D eigenvalue weighted by Gasteiger charge is 2.34. The van der Waals surface area contributed by atoms with Gasteiger partial charge in [0.1, 0.15) is 0 Å². The zero-order valence-corrected chi connectivity index (χ0v) is 16.9. The topological polar surface area (TPSA) is 58.1 Å². The fraction of sp³-hybridized carbons (Fsp3) is 0.632. The summed E-state index contributed by atoms with van der Waals surface area (Å²) < 4.78 is 72.2. The molecule has 0 aromatic heterocycles. The number of alkyl halides is 5. The summed E-state index contributed by atoms with van der Waals surface area (Å²) in [7, 11) is 1.37. The van der Waals surface area contributed by atoms with Crippen LogP contribution in [0.1, 0.15) is 18.9 Å². The van der Waals surface area contributed by atoms with Crippen molar-refractivity contribution in [1.82, 2.24) is 15.5 Å². The van der Waals surface area contributed by atoms with Gasteiger partial charge in [-0.05, 0) is 37.5 Å². The van der Waals surface area contributed by atoms with Crippen molar-refractivity contribution < 1.29 is 31.4 Å². The van der Waals surface area contributed by atoms with E-state index in [1.54, 1.807) is 12.1 Å². The van der Waals surface area contributed by atoms with Crippen LogP contribution in [0.4, 0.5) is 22.0 Å².